The van der Waals surface area contributed by atoms with Crippen LogP contribution in [0.2, 0.25) is 0 Å². The minimum Gasteiger partial charge on any atom is -0.497 e. The lowest BCUT2D eigenvalue weighted by atomic mass is 10.0. The van der Waals surface area contributed by atoms with Gasteiger partial charge in [0.15, 0.2) is 6.04 Å². The molecule has 1 aliphatic heterocycles. The van der Waals surface area contributed by atoms with Crippen LogP contribution in [-0.2, 0) is 4.74 Å². The Labute approximate surface area is 178 Å². The van der Waals surface area contributed by atoms with Crippen molar-refractivity contribution in [3.8, 4) is 16.9 Å². The van der Waals surface area contributed by atoms with E-state index in [4.69, 9.17) is 9.47 Å². The first-order valence-corrected chi connectivity index (χ1v) is 10.9. The smallest absolute Gasteiger partial charge is 0.163 e. The van der Waals surface area contributed by atoms with Gasteiger partial charge in [-0.3, -0.25) is 0 Å². The number of nitrogens with two attached hydrogens (primary N) is 1. The summed E-state index contributed by atoms with van der Waals surface area (Å²) in [5.74, 6) is 0.914. The van der Waals surface area contributed by atoms with Gasteiger partial charge in [0.2, 0.25) is 0 Å². The minimum absolute atomic E-state index is 0.360. The second-order valence-corrected chi connectivity index (χ2v) is 8.22. The van der Waals surface area contributed by atoms with Gasteiger partial charge in [0.05, 0.1) is 20.3 Å². The van der Waals surface area contributed by atoms with Crippen LogP contribution in [0.5, 0.6) is 5.75 Å². The predicted molar refractivity (Wildman–Crippen MR) is 118 cm³/mol. The van der Waals surface area contributed by atoms with E-state index in [0.717, 1.165) is 38.6 Å². The number of hydrogen-bond acceptors (Lipinski definition) is 2. The number of nitrogens with one attached hydrogen (secondary N) is 1. The van der Waals surface area contributed by atoms with Crippen LogP contribution in [0.25, 0.3) is 11.1 Å². The maximum absolute atomic E-state index is 5.64. The molecule has 1 atom stereocenters. The monoisotopic (exact) mass is 402 g/mol. The molecule has 4 nitrogen and oxygen atoms in total. The number of morpholine rings is 1. The Morgan fingerprint density at radius 1 is 0.900 bits per heavy atom. The van der Waals surface area contributed by atoms with Crippen molar-refractivity contribution in [3.05, 3.63) is 89.5 Å². The summed E-state index contributed by atoms with van der Waals surface area (Å²) in [7, 11) is 1.72. The number of rotatable bonds is 6. The topological polar surface area (TPSA) is 39.5 Å². The third-order valence-electron chi connectivity index (χ3n) is 6.64. The number of quaternary nitrogens is 2. The van der Waals surface area contributed by atoms with Crippen molar-refractivity contribution in [2.45, 2.75) is 12.1 Å². The van der Waals surface area contributed by atoms with E-state index in [1.54, 1.807) is 12.0 Å². The average Bonchev–Trinajstić information content (AvgIpc) is 3.14. The molecular weight excluding hydrogens is 372 g/mol. The summed E-state index contributed by atoms with van der Waals surface area (Å²) < 4.78 is 11.0. The molecule has 3 N–H and O–H groups in total. The van der Waals surface area contributed by atoms with Gasteiger partial charge in [-0.15, -0.1) is 0 Å². The standard InChI is InChI=1S/C26H28N2O2/c1-29-20-12-10-19(11-13-20)25(28-14-16-30-17-15-28)18-27-26-23-8-4-2-6-21(23)22-7-3-5-9-24(22)26/h2-13,25-27H,14-18H2,1H3/p+2/t25-/m0/s1. The van der Waals surface area contributed by atoms with Gasteiger partial charge in [-0.05, 0) is 35.4 Å². The van der Waals surface area contributed by atoms with Gasteiger partial charge in [-0.1, -0.05) is 48.5 Å². The van der Waals surface area contributed by atoms with Crippen LogP contribution in [-0.4, -0.2) is 40.0 Å². The first-order chi connectivity index (χ1) is 14.8. The lowest BCUT2D eigenvalue weighted by Crippen LogP contribution is -3.16. The van der Waals surface area contributed by atoms with E-state index in [1.165, 1.54) is 27.8 Å². The molecule has 0 aromatic heterocycles. The van der Waals surface area contributed by atoms with Crippen molar-refractivity contribution in [2.75, 3.05) is 40.0 Å². The van der Waals surface area contributed by atoms with E-state index >= 15 is 0 Å². The van der Waals surface area contributed by atoms with Crippen LogP contribution in [0.3, 0.4) is 0 Å². The summed E-state index contributed by atoms with van der Waals surface area (Å²) >= 11 is 0. The quantitative estimate of drug-likeness (QED) is 0.662. The summed E-state index contributed by atoms with van der Waals surface area (Å²) in [6.45, 7) is 4.84. The van der Waals surface area contributed by atoms with Crippen molar-refractivity contribution >= 4 is 0 Å². The third-order valence-corrected chi connectivity index (χ3v) is 6.64. The molecule has 0 bridgehead atoms. The molecule has 0 spiro atoms. The lowest BCUT2D eigenvalue weighted by Gasteiger charge is -2.31. The molecule has 30 heavy (non-hydrogen) atoms. The van der Waals surface area contributed by atoms with E-state index in [-0.39, 0.29) is 0 Å². The number of ether oxygens (including phenoxy) is 2. The van der Waals surface area contributed by atoms with Crippen molar-refractivity contribution < 1.29 is 19.7 Å². The Bertz CT molecular complexity index is 950. The number of benzene rings is 3. The number of methoxy groups -OCH3 is 1. The second kappa shape index (κ2) is 8.60. The van der Waals surface area contributed by atoms with Crippen LogP contribution in [0.4, 0.5) is 0 Å². The van der Waals surface area contributed by atoms with E-state index in [9.17, 15) is 0 Å². The molecule has 0 amide bonds. The van der Waals surface area contributed by atoms with Crippen molar-refractivity contribution in [1.29, 1.82) is 0 Å². The Morgan fingerprint density at radius 3 is 2.10 bits per heavy atom. The maximum Gasteiger partial charge on any atom is 0.163 e. The summed E-state index contributed by atoms with van der Waals surface area (Å²) in [5.41, 5.74) is 7.01. The molecule has 1 heterocycles. The molecule has 0 radical (unpaired) electrons. The number of fused-ring (bicyclic) bond motifs is 3. The van der Waals surface area contributed by atoms with Crippen LogP contribution in [0.1, 0.15) is 28.8 Å². The molecule has 154 valence electrons. The molecule has 5 rings (SSSR count). The molecule has 3 aromatic carbocycles. The Balaban J connectivity index is 1.42. The highest BCUT2D eigenvalue weighted by Crippen LogP contribution is 2.41. The van der Waals surface area contributed by atoms with Gasteiger partial charge in [0.1, 0.15) is 31.4 Å². The van der Waals surface area contributed by atoms with Crippen molar-refractivity contribution in [2.24, 2.45) is 0 Å². The van der Waals surface area contributed by atoms with E-state index < -0.39 is 0 Å². The van der Waals surface area contributed by atoms with Crippen LogP contribution in [0.15, 0.2) is 72.8 Å². The maximum atomic E-state index is 5.64. The second-order valence-electron chi connectivity index (χ2n) is 8.22. The first-order valence-electron chi connectivity index (χ1n) is 10.9. The lowest BCUT2D eigenvalue weighted by molar-refractivity contribution is -0.953. The highest BCUT2D eigenvalue weighted by molar-refractivity contribution is 5.77. The molecule has 0 unspecified atom stereocenters. The normalized spacial score (nSPS) is 17.4. The van der Waals surface area contributed by atoms with Crippen molar-refractivity contribution in [3.63, 3.8) is 0 Å². The fraction of sp³-hybridized carbons (Fsp3) is 0.308. The third kappa shape index (κ3) is 3.63. The molecule has 4 heteroatoms. The Kier molecular flexibility index (Phi) is 5.54. The first kappa shape index (κ1) is 19.3. The van der Waals surface area contributed by atoms with Crippen LogP contribution >= 0.6 is 0 Å². The summed E-state index contributed by atoms with van der Waals surface area (Å²) in [6, 6.07) is 27.2. The molecule has 3 aromatic rings. The van der Waals surface area contributed by atoms with E-state index in [1.807, 2.05) is 0 Å². The Morgan fingerprint density at radius 2 is 1.50 bits per heavy atom. The Hall–Kier alpha value is -2.66. The van der Waals surface area contributed by atoms with Crippen LogP contribution in [0, 0.1) is 0 Å². The van der Waals surface area contributed by atoms with Crippen LogP contribution < -0.4 is 15.0 Å². The summed E-state index contributed by atoms with van der Waals surface area (Å²) in [4.78, 5) is 1.61. The molecular formula is C26H30N2O2+2. The van der Waals surface area contributed by atoms with Gasteiger partial charge >= 0.3 is 0 Å². The zero-order chi connectivity index (χ0) is 20.3. The number of hydrogen-bond donors (Lipinski definition) is 2. The highest BCUT2D eigenvalue weighted by atomic mass is 16.5. The SMILES string of the molecule is COc1ccc([C@H](C[NH2+]C2c3ccccc3-c3ccccc32)[NH+]2CCOCC2)cc1. The van der Waals surface area contributed by atoms with Gasteiger partial charge in [0.25, 0.3) is 0 Å². The molecule has 1 fully saturated rings. The zero-order valence-electron chi connectivity index (χ0n) is 17.5. The zero-order valence-corrected chi connectivity index (χ0v) is 17.5. The molecule has 2 aliphatic rings. The van der Waals surface area contributed by atoms with Gasteiger partial charge in [0, 0.05) is 16.7 Å². The fourth-order valence-corrected chi connectivity index (χ4v) is 5.08. The summed E-state index contributed by atoms with van der Waals surface area (Å²) in [5, 5.41) is 2.54. The van der Waals surface area contributed by atoms with E-state index in [2.05, 4.69) is 78.1 Å². The largest absolute Gasteiger partial charge is 0.497 e. The predicted octanol–water partition coefficient (Wildman–Crippen LogP) is 1.98. The van der Waals surface area contributed by atoms with Crippen molar-refractivity contribution in [1.82, 2.24) is 0 Å². The fourth-order valence-electron chi connectivity index (χ4n) is 5.08. The minimum atomic E-state index is 0.360. The van der Waals surface area contributed by atoms with Gasteiger partial charge < -0.3 is 19.7 Å². The summed E-state index contributed by atoms with van der Waals surface area (Å²) in [6.07, 6.45) is 0. The highest BCUT2D eigenvalue weighted by Gasteiger charge is 2.34. The molecule has 1 saturated heterocycles. The molecule has 1 aliphatic carbocycles. The van der Waals surface area contributed by atoms with Gasteiger partial charge in [-0.25, -0.2) is 0 Å². The molecule has 0 saturated carbocycles. The average molecular weight is 403 g/mol. The van der Waals surface area contributed by atoms with E-state index in [0.29, 0.717) is 12.1 Å². The van der Waals surface area contributed by atoms with Gasteiger partial charge in [-0.2, -0.15) is 0 Å².